The fourth-order valence-electron chi connectivity index (χ4n) is 10.5. The van der Waals surface area contributed by atoms with Crippen LogP contribution in [-0.2, 0) is 40.6 Å². The molecule has 0 saturated carbocycles. The Morgan fingerprint density at radius 2 is 1.42 bits per heavy atom. The summed E-state index contributed by atoms with van der Waals surface area (Å²) >= 11 is 0. The molecule has 0 unspecified atom stereocenters. The number of nitrogens with zero attached hydrogens (tertiary/aromatic N) is 4. The van der Waals surface area contributed by atoms with Gasteiger partial charge in [0.1, 0.15) is 36.5 Å². The maximum Gasteiger partial charge on any atom is 0.421 e. The summed E-state index contributed by atoms with van der Waals surface area (Å²) in [7, 11) is 0. The van der Waals surface area contributed by atoms with Crippen LogP contribution in [0.15, 0.2) is 158 Å². The predicted molar refractivity (Wildman–Crippen MR) is 252 cm³/mol. The van der Waals surface area contributed by atoms with Gasteiger partial charge < -0.3 is 34.3 Å². The number of esters is 1. The molecule has 10 rings (SSSR count). The fraction of sp³-hybridized carbons (Fsp3) is 0.245. The van der Waals surface area contributed by atoms with Crippen molar-refractivity contribution in [1.82, 2.24) is 4.90 Å². The van der Waals surface area contributed by atoms with Gasteiger partial charge in [0.15, 0.2) is 0 Å². The largest absolute Gasteiger partial charge is 0.491 e. The lowest BCUT2D eigenvalue weighted by Crippen LogP contribution is -2.54. The van der Waals surface area contributed by atoms with Crippen molar-refractivity contribution in [3.63, 3.8) is 0 Å². The smallest absolute Gasteiger partial charge is 0.421 e. The van der Waals surface area contributed by atoms with Gasteiger partial charge in [-0.05, 0) is 82.4 Å². The number of aliphatic hydroxyl groups excluding tert-OH is 1. The maximum absolute atomic E-state index is 16.3. The van der Waals surface area contributed by atoms with Crippen LogP contribution in [0.1, 0.15) is 46.0 Å². The number of nitro groups is 1. The Hall–Kier alpha value is -7.92. The van der Waals surface area contributed by atoms with Gasteiger partial charge >= 0.3 is 12.1 Å². The van der Waals surface area contributed by atoms with E-state index in [4.69, 9.17) is 18.9 Å². The summed E-state index contributed by atoms with van der Waals surface area (Å²) in [5, 5.41) is 24.0. The molecule has 69 heavy (non-hydrogen) atoms. The number of amides is 3. The van der Waals surface area contributed by atoms with Crippen molar-refractivity contribution in [2.75, 3.05) is 54.6 Å². The molecule has 0 aromatic heterocycles. The Morgan fingerprint density at radius 3 is 2.09 bits per heavy atom. The van der Waals surface area contributed by atoms with Gasteiger partial charge in [-0.25, -0.2) is 9.69 Å². The summed E-state index contributed by atoms with van der Waals surface area (Å²) < 4.78 is 23.7. The van der Waals surface area contributed by atoms with Crippen LogP contribution in [0.4, 0.5) is 27.5 Å². The minimum Gasteiger partial charge on any atom is -0.491 e. The second-order valence-electron chi connectivity index (χ2n) is 17.2. The van der Waals surface area contributed by atoms with Crippen LogP contribution in [0.5, 0.6) is 5.75 Å². The van der Waals surface area contributed by atoms with E-state index in [9.17, 15) is 20.0 Å². The molecule has 4 aliphatic rings. The molecule has 16 heteroatoms. The molecular weight excluding hydrogens is 883 g/mol. The number of non-ortho nitro benzene ring substituents is 1. The lowest BCUT2D eigenvalue weighted by Gasteiger charge is -2.46. The number of rotatable bonds is 12. The van der Waals surface area contributed by atoms with Crippen molar-refractivity contribution in [2.24, 2.45) is 5.92 Å². The molecule has 3 saturated heterocycles. The van der Waals surface area contributed by atoms with Crippen molar-refractivity contribution >= 4 is 46.6 Å². The summed E-state index contributed by atoms with van der Waals surface area (Å²) in [6.07, 6.45) is -1.98. The van der Waals surface area contributed by atoms with Gasteiger partial charge in [0.05, 0.1) is 48.4 Å². The van der Waals surface area contributed by atoms with E-state index < -0.39 is 64.4 Å². The number of cyclic esters (lactones) is 1. The normalized spacial score (nSPS) is 22.9. The highest BCUT2D eigenvalue weighted by Crippen LogP contribution is 2.66. The summed E-state index contributed by atoms with van der Waals surface area (Å²) in [4.78, 5) is 77.9. The molecule has 16 nitrogen and oxygen atoms in total. The van der Waals surface area contributed by atoms with Gasteiger partial charge in [-0.15, -0.1) is 0 Å². The number of benzene rings is 6. The Morgan fingerprint density at radius 1 is 0.768 bits per heavy atom. The molecule has 4 aliphatic heterocycles. The minimum atomic E-state index is -2.02. The summed E-state index contributed by atoms with van der Waals surface area (Å²) in [5.41, 5.74) is 2.02. The van der Waals surface area contributed by atoms with Crippen LogP contribution in [0.3, 0.4) is 0 Å². The highest BCUT2D eigenvalue weighted by Gasteiger charge is 2.75. The number of ether oxygens (including phenoxy) is 4. The lowest BCUT2D eigenvalue weighted by atomic mass is 9.65. The summed E-state index contributed by atoms with van der Waals surface area (Å²) in [6.45, 7) is 2.04. The van der Waals surface area contributed by atoms with Crippen molar-refractivity contribution in [3.8, 4) is 5.75 Å². The highest BCUT2D eigenvalue weighted by atomic mass is 16.6. The zero-order valence-corrected chi connectivity index (χ0v) is 37.2. The van der Waals surface area contributed by atoms with Crippen LogP contribution in [-0.4, -0.2) is 84.4 Å². The molecule has 0 aliphatic carbocycles. The molecule has 2 N–H and O–H groups in total. The van der Waals surface area contributed by atoms with Gasteiger partial charge in [-0.1, -0.05) is 91.0 Å². The molecular formula is C53H47N5O11. The molecule has 350 valence electrons. The number of carbonyl (C=O) groups is 4. The minimum absolute atomic E-state index is 0.0278. The Bertz CT molecular complexity index is 2860. The van der Waals surface area contributed by atoms with Crippen LogP contribution >= 0.6 is 0 Å². The van der Waals surface area contributed by atoms with Gasteiger partial charge in [0, 0.05) is 36.6 Å². The third-order valence-electron chi connectivity index (χ3n) is 13.4. The first-order valence-corrected chi connectivity index (χ1v) is 22.7. The molecule has 0 radical (unpaired) electrons. The number of imide groups is 1. The maximum atomic E-state index is 16.3. The Labute approximate surface area is 396 Å². The number of carbonyl (C=O) groups excluding carboxylic acids is 4. The molecule has 0 bridgehead atoms. The van der Waals surface area contributed by atoms with Gasteiger partial charge in [-0.2, -0.15) is 0 Å². The first-order chi connectivity index (χ1) is 33.7. The average molecular weight is 930 g/mol. The number of anilines is 3. The first-order valence-electron chi connectivity index (χ1n) is 22.7. The zero-order valence-electron chi connectivity index (χ0n) is 37.2. The molecule has 1 spiro atoms. The molecule has 6 aromatic carbocycles. The Kier molecular flexibility index (Phi) is 12.4. The number of aliphatic hydroxyl groups is 1. The van der Waals surface area contributed by atoms with Crippen LogP contribution in [0.2, 0.25) is 0 Å². The van der Waals surface area contributed by atoms with Gasteiger partial charge in [0.2, 0.25) is 11.8 Å². The summed E-state index contributed by atoms with van der Waals surface area (Å²) in [6, 6.07) is 41.9. The summed E-state index contributed by atoms with van der Waals surface area (Å²) in [5.74, 6) is -3.33. The van der Waals surface area contributed by atoms with Crippen LogP contribution in [0.25, 0.3) is 0 Å². The number of hydrogen-bond acceptors (Lipinski definition) is 13. The van der Waals surface area contributed by atoms with Crippen molar-refractivity contribution in [3.05, 3.63) is 196 Å². The quantitative estimate of drug-likeness (QED) is 0.0700. The van der Waals surface area contributed by atoms with E-state index in [0.717, 1.165) is 16.2 Å². The second-order valence-corrected chi connectivity index (χ2v) is 17.2. The van der Waals surface area contributed by atoms with E-state index in [1.807, 2.05) is 77.7 Å². The lowest BCUT2D eigenvalue weighted by molar-refractivity contribution is -0.384. The number of morpholine rings is 2. The SMILES string of the molecule is O=C1O[C@H](c2ccccc2)[C@H](c2ccccc2)N2[C@H]1[C@@H](C(=O)Nc1ccc(N3CCOCC3)cc1)[C@]1(C(=O)N(C(=O)OCc3ccc([N+](=O)[O-])cc3)c3ccccc31)[C@H]2c1ccc(OCCO)cc1. The molecule has 4 heterocycles. The third-order valence-corrected chi connectivity index (χ3v) is 13.4. The third kappa shape index (κ3) is 8.11. The number of fused-ring (bicyclic) bond motifs is 3. The molecule has 3 amide bonds. The fourth-order valence-corrected chi connectivity index (χ4v) is 10.5. The van der Waals surface area contributed by atoms with Crippen LogP contribution < -0.4 is 19.9 Å². The van der Waals surface area contributed by atoms with E-state index in [2.05, 4.69) is 10.2 Å². The molecule has 3 fully saturated rings. The van der Waals surface area contributed by atoms with E-state index in [1.165, 1.54) is 24.3 Å². The number of nitro benzene ring substituents is 1. The first kappa shape index (κ1) is 44.9. The molecule has 6 aromatic rings. The van der Waals surface area contributed by atoms with Crippen molar-refractivity contribution in [1.29, 1.82) is 0 Å². The zero-order chi connectivity index (χ0) is 47.6. The van der Waals surface area contributed by atoms with E-state index in [1.54, 1.807) is 60.7 Å². The molecule has 6 atom stereocenters. The van der Waals surface area contributed by atoms with Crippen molar-refractivity contribution < 1.29 is 48.2 Å². The average Bonchev–Trinajstić information content (AvgIpc) is 3.85. The van der Waals surface area contributed by atoms with E-state index in [-0.39, 0.29) is 31.2 Å². The number of para-hydroxylation sites is 1. The Balaban J connectivity index is 1.16. The highest BCUT2D eigenvalue weighted by molar-refractivity contribution is 6.24. The van der Waals surface area contributed by atoms with Gasteiger partial charge in [-0.3, -0.25) is 29.4 Å². The van der Waals surface area contributed by atoms with Crippen molar-refractivity contribution in [2.45, 2.75) is 36.3 Å². The predicted octanol–water partition coefficient (Wildman–Crippen LogP) is 7.44. The number of nitrogens with one attached hydrogen (secondary N) is 1. The van der Waals surface area contributed by atoms with E-state index in [0.29, 0.717) is 60.0 Å². The monoisotopic (exact) mass is 929 g/mol. The number of hydrogen-bond donors (Lipinski definition) is 2. The van der Waals surface area contributed by atoms with E-state index >= 15 is 14.4 Å². The van der Waals surface area contributed by atoms with Gasteiger partial charge in [0.25, 0.3) is 5.69 Å². The standard InChI is InChI=1S/C53H47N5O11/c59-29-32-67-41-25-17-37(18-26-41)48-53(42-13-7-8-14-43(42)56(51(53)62)52(63)68-33-34-15-21-40(22-16-34)58(64)65)44(49(60)54-38-19-23-39(24-20-38)55-27-30-66-31-28-55)46-50(61)69-47(36-11-5-2-6-12-36)45(57(46)48)35-9-3-1-4-10-35/h1-26,44-48,59H,27-33H2,(H,54,60)/t44-,45-,46-,47+,48+,53-/m0/s1. The van der Waals surface area contributed by atoms with Crippen LogP contribution in [0, 0.1) is 16.0 Å². The topological polar surface area (TPSA) is 190 Å². The second kappa shape index (κ2) is 19.0.